The molecule has 1 amide bonds. The maximum atomic E-state index is 12.7. The van der Waals surface area contributed by atoms with Crippen LogP contribution in [-0.4, -0.2) is 41.5 Å². The Morgan fingerprint density at radius 1 is 0.902 bits per heavy atom. The van der Waals surface area contributed by atoms with Crippen molar-refractivity contribution in [2.24, 2.45) is 0 Å². The lowest BCUT2D eigenvalue weighted by atomic mass is 10.0. The molecule has 1 aliphatic rings. The monoisotopic (exact) mass is 625 g/mol. The van der Waals surface area contributed by atoms with Crippen molar-refractivity contribution in [2.45, 2.75) is 40.7 Å². The summed E-state index contributed by atoms with van der Waals surface area (Å²) >= 11 is 17.9. The predicted molar refractivity (Wildman–Crippen MR) is 154 cm³/mol. The van der Waals surface area contributed by atoms with Crippen LogP contribution in [0, 0.1) is 20.8 Å². The maximum Gasteiger partial charge on any atom is 0.411 e. The SMILES string of the molecule is CC(C)OC(=O)Nc1cccc(Cl)c1.COC(=O)c1c(C)c2c(c(C)c1O)OC(=O)c1c(C)c(Cl)c(O)c(Cl)c1O2. The number of hydrogen-bond acceptors (Lipinski definition) is 9. The molecule has 0 aliphatic carbocycles. The standard InChI is InChI=1S/C18H14Cl2O7.C10H12ClNO2/c1-5-9-16(11(20)13(22)10(5)19)26-14-6(2)8(17(23)25-4)12(21)7(3)15(14)27-18(9)24;1-7(2)14-10(13)12-9-5-3-4-8(11)6-9/h21-22H,1-4H3;3-7H,1-2H3,(H,12,13). The molecular weight excluding hydrogens is 601 g/mol. The van der Waals surface area contributed by atoms with Crippen molar-refractivity contribution in [3.63, 3.8) is 0 Å². The minimum atomic E-state index is -0.835. The molecule has 0 atom stereocenters. The predicted octanol–water partition coefficient (Wildman–Crippen LogP) is 7.74. The third-order valence-corrected chi connectivity index (χ3v) is 6.86. The Balaban J connectivity index is 0.000000278. The molecule has 3 N–H and O–H groups in total. The largest absolute Gasteiger partial charge is 0.507 e. The normalized spacial score (nSPS) is 11.6. The lowest BCUT2D eigenvalue weighted by Gasteiger charge is -2.17. The molecule has 0 spiro atoms. The zero-order chi connectivity index (χ0) is 30.8. The van der Waals surface area contributed by atoms with E-state index in [1.54, 1.807) is 38.1 Å². The molecule has 0 fully saturated rings. The van der Waals surface area contributed by atoms with Crippen LogP contribution in [-0.2, 0) is 9.47 Å². The number of halogens is 3. The number of phenols is 2. The topological polar surface area (TPSA) is 141 Å². The maximum absolute atomic E-state index is 12.7. The smallest absolute Gasteiger partial charge is 0.411 e. The molecule has 0 aromatic heterocycles. The van der Waals surface area contributed by atoms with Crippen molar-refractivity contribution in [2.75, 3.05) is 12.4 Å². The van der Waals surface area contributed by atoms with Crippen molar-refractivity contribution in [1.29, 1.82) is 0 Å². The first-order chi connectivity index (χ1) is 19.2. The van der Waals surface area contributed by atoms with E-state index in [-0.39, 0.29) is 61.2 Å². The fourth-order valence-corrected chi connectivity index (χ4v) is 4.47. The summed E-state index contributed by atoms with van der Waals surface area (Å²) in [6, 6.07) is 6.89. The summed E-state index contributed by atoms with van der Waals surface area (Å²) in [5, 5.41) is 23.2. The number of nitrogens with one attached hydrogen (secondary N) is 1. The number of amides is 1. The first-order valence-electron chi connectivity index (χ1n) is 12.0. The van der Waals surface area contributed by atoms with Crippen LogP contribution >= 0.6 is 34.8 Å². The van der Waals surface area contributed by atoms with E-state index in [0.717, 1.165) is 0 Å². The quantitative estimate of drug-likeness (QED) is 0.197. The van der Waals surface area contributed by atoms with Crippen molar-refractivity contribution < 1.29 is 43.5 Å². The summed E-state index contributed by atoms with van der Waals surface area (Å²) in [5.41, 5.74) is 0.892. The van der Waals surface area contributed by atoms with Gasteiger partial charge < -0.3 is 29.2 Å². The van der Waals surface area contributed by atoms with Crippen molar-refractivity contribution in [3.8, 4) is 28.7 Å². The Kier molecular flexibility index (Phi) is 9.85. The zero-order valence-electron chi connectivity index (χ0n) is 22.8. The van der Waals surface area contributed by atoms with Crippen molar-refractivity contribution in [3.05, 3.63) is 67.2 Å². The number of carbonyl (C=O) groups is 3. The molecule has 1 aliphatic heterocycles. The van der Waals surface area contributed by atoms with Gasteiger partial charge in [-0.05, 0) is 58.4 Å². The van der Waals surface area contributed by atoms with Gasteiger partial charge in [0.1, 0.15) is 21.9 Å². The average molecular weight is 627 g/mol. The number of methoxy groups -OCH3 is 1. The number of rotatable bonds is 3. The van der Waals surface area contributed by atoms with E-state index in [9.17, 15) is 24.6 Å². The number of hydrogen-bond donors (Lipinski definition) is 3. The van der Waals surface area contributed by atoms with Crippen LogP contribution in [0.1, 0.15) is 51.3 Å². The van der Waals surface area contributed by atoms with E-state index in [4.69, 9.17) is 53.8 Å². The van der Waals surface area contributed by atoms with Gasteiger partial charge in [0.25, 0.3) is 0 Å². The number of anilines is 1. The molecule has 0 unspecified atom stereocenters. The van der Waals surface area contributed by atoms with E-state index in [0.29, 0.717) is 10.7 Å². The van der Waals surface area contributed by atoms with Gasteiger partial charge in [-0.2, -0.15) is 0 Å². The van der Waals surface area contributed by atoms with Gasteiger partial charge in [-0.3, -0.25) is 5.32 Å². The van der Waals surface area contributed by atoms with E-state index in [2.05, 4.69) is 5.32 Å². The van der Waals surface area contributed by atoms with Crippen LogP contribution < -0.4 is 14.8 Å². The highest BCUT2D eigenvalue weighted by molar-refractivity contribution is 6.39. The number of esters is 2. The summed E-state index contributed by atoms with van der Waals surface area (Å²) in [4.78, 5) is 35.9. The Morgan fingerprint density at radius 3 is 2.12 bits per heavy atom. The third kappa shape index (κ3) is 6.56. The average Bonchev–Trinajstić information content (AvgIpc) is 3.06. The van der Waals surface area contributed by atoms with E-state index in [1.165, 1.54) is 27.9 Å². The molecule has 0 bridgehead atoms. The summed E-state index contributed by atoms with van der Waals surface area (Å²) in [6.45, 7) is 8.01. The minimum absolute atomic E-state index is 0.0131. The summed E-state index contributed by atoms with van der Waals surface area (Å²) < 4.78 is 20.8. The lowest BCUT2D eigenvalue weighted by molar-refractivity contribution is 0.0595. The van der Waals surface area contributed by atoms with Crippen LogP contribution in [0.4, 0.5) is 10.5 Å². The molecule has 0 saturated carbocycles. The number of carbonyl (C=O) groups excluding carboxylic acids is 3. The van der Waals surface area contributed by atoms with Gasteiger partial charge in [0, 0.05) is 21.8 Å². The van der Waals surface area contributed by atoms with Crippen LogP contribution in [0.2, 0.25) is 15.1 Å². The minimum Gasteiger partial charge on any atom is -0.507 e. The molecule has 218 valence electrons. The van der Waals surface area contributed by atoms with E-state index >= 15 is 0 Å². The van der Waals surface area contributed by atoms with Gasteiger partial charge >= 0.3 is 18.0 Å². The first-order valence-corrected chi connectivity index (χ1v) is 13.1. The van der Waals surface area contributed by atoms with Crippen LogP contribution in [0.5, 0.6) is 28.7 Å². The fraction of sp³-hybridized carbons (Fsp3) is 0.250. The molecule has 3 aromatic carbocycles. The number of fused-ring (bicyclic) bond motifs is 2. The van der Waals surface area contributed by atoms with Crippen LogP contribution in [0.3, 0.4) is 0 Å². The van der Waals surface area contributed by atoms with E-state index < -0.39 is 29.5 Å². The summed E-state index contributed by atoms with van der Waals surface area (Å²) in [7, 11) is 1.17. The molecular formula is C28H26Cl3NO9. The number of phenolic OH excluding ortho intramolecular Hbond substituents is 2. The number of ether oxygens (including phenoxy) is 4. The Labute approximate surface area is 250 Å². The van der Waals surface area contributed by atoms with Gasteiger partial charge in [0.2, 0.25) is 0 Å². The van der Waals surface area contributed by atoms with E-state index in [1.807, 2.05) is 0 Å². The van der Waals surface area contributed by atoms with Gasteiger partial charge in [-0.15, -0.1) is 0 Å². The summed E-state index contributed by atoms with van der Waals surface area (Å²) in [5.74, 6) is -2.74. The molecule has 10 nitrogen and oxygen atoms in total. The highest BCUT2D eigenvalue weighted by atomic mass is 35.5. The number of aromatic hydroxyl groups is 2. The van der Waals surface area contributed by atoms with Gasteiger partial charge in [0.15, 0.2) is 23.0 Å². The highest BCUT2D eigenvalue weighted by Crippen LogP contribution is 2.52. The van der Waals surface area contributed by atoms with Crippen LogP contribution in [0.25, 0.3) is 0 Å². The molecule has 3 aromatic rings. The molecule has 13 heteroatoms. The molecule has 0 radical (unpaired) electrons. The van der Waals surface area contributed by atoms with Crippen LogP contribution in [0.15, 0.2) is 24.3 Å². The Morgan fingerprint density at radius 2 is 1.54 bits per heavy atom. The fourth-order valence-electron chi connectivity index (χ4n) is 3.81. The molecule has 1 heterocycles. The highest BCUT2D eigenvalue weighted by Gasteiger charge is 2.35. The Hall–Kier alpha value is -3.86. The second-order valence-corrected chi connectivity index (χ2v) is 10.2. The lowest BCUT2D eigenvalue weighted by Crippen LogP contribution is -2.17. The molecule has 4 rings (SSSR count). The van der Waals surface area contributed by atoms with Gasteiger partial charge in [-0.25, -0.2) is 14.4 Å². The van der Waals surface area contributed by atoms with Crippen molar-refractivity contribution in [1.82, 2.24) is 0 Å². The summed E-state index contributed by atoms with van der Waals surface area (Å²) in [6.07, 6.45) is -0.601. The second kappa shape index (κ2) is 12.8. The number of benzene rings is 3. The second-order valence-electron chi connectivity index (χ2n) is 9.01. The van der Waals surface area contributed by atoms with Gasteiger partial charge in [-0.1, -0.05) is 40.9 Å². The molecule has 41 heavy (non-hydrogen) atoms. The zero-order valence-corrected chi connectivity index (χ0v) is 25.0. The molecule has 0 saturated heterocycles. The van der Waals surface area contributed by atoms with Crippen molar-refractivity contribution >= 4 is 58.5 Å². The van der Waals surface area contributed by atoms with Gasteiger partial charge in [0.05, 0.1) is 18.2 Å². The first kappa shape index (κ1) is 31.7. The Bertz CT molecular complexity index is 1550. The third-order valence-electron chi connectivity index (χ3n) is 5.81.